The largest absolute Gasteiger partial charge is 0.418 e. The first-order chi connectivity index (χ1) is 18.7. The lowest BCUT2D eigenvalue weighted by atomic mass is 10.0. The minimum atomic E-state index is -4.85. The maximum Gasteiger partial charge on any atom is 0.418 e. The first kappa shape index (κ1) is 27.6. The molecule has 8 nitrogen and oxygen atoms in total. The Kier molecular flexibility index (Phi) is 6.65. The molecular weight excluding hydrogens is 549 g/mol. The number of hydrogen-bond donors (Lipinski definition) is 2. The zero-order valence-electron chi connectivity index (χ0n) is 20.9. The number of carbonyl (C=O) groups excluding carboxylic acids is 2. The lowest BCUT2D eigenvalue weighted by Gasteiger charge is -2.20. The van der Waals surface area contributed by atoms with E-state index >= 15 is 0 Å². The number of hydrogen-bond acceptors (Lipinski definition) is 5. The Hall–Kier alpha value is -3.91. The average Bonchev–Trinajstić information content (AvgIpc) is 3.55. The lowest BCUT2D eigenvalue weighted by molar-refractivity contribution is -0.136. The highest BCUT2D eigenvalue weighted by atomic mass is 19.4. The SMILES string of the molecule is Cc1c(F)cc(-c2cc(C(F)(F)F)c3c(N)ncnn23)cc1C(=O)N[C@@H]1CN(C(=O)C2CCC(F)(F)C2)C[C@@H]1F. The highest BCUT2D eigenvalue weighted by Crippen LogP contribution is 2.41. The molecule has 3 aromatic rings. The smallest absolute Gasteiger partial charge is 0.382 e. The molecule has 40 heavy (non-hydrogen) atoms. The van der Waals surface area contributed by atoms with Crippen molar-refractivity contribution in [2.75, 3.05) is 18.8 Å². The summed E-state index contributed by atoms with van der Waals surface area (Å²) in [5.74, 6) is -6.84. The molecule has 0 bridgehead atoms. The highest BCUT2D eigenvalue weighted by molar-refractivity contribution is 5.97. The summed E-state index contributed by atoms with van der Waals surface area (Å²) in [6, 6.07) is 1.57. The molecule has 214 valence electrons. The number of nitrogens with zero attached hydrogens (tertiary/aromatic N) is 4. The van der Waals surface area contributed by atoms with Crippen LogP contribution in [0.2, 0.25) is 0 Å². The first-order valence-electron chi connectivity index (χ1n) is 12.3. The molecule has 3 N–H and O–H groups in total. The van der Waals surface area contributed by atoms with Crippen molar-refractivity contribution in [2.24, 2.45) is 5.92 Å². The minimum absolute atomic E-state index is 0.0252. The van der Waals surface area contributed by atoms with Gasteiger partial charge < -0.3 is 16.0 Å². The van der Waals surface area contributed by atoms with Crippen LogP contribution in [0, 0.1) is 18.7 Å². The van der Waals surface area contributed by atoms with Gasteiger partial charge in [-0.05, 0) is 37.1 Å². The van der Waals surface area contributed by atoms with Crippen molar-refractivity contribution in [3.8, 4) is 11.3 Å². The van der Waals surface area contributed by atoms with Crippen LogP contribution in [0.15, 0.2) is 24.5 Å². The highest BCUT2D eigenvalue weighted by Gasteiger charge is 2.46. The van der Waals surface area contributed by atoms with E-state index in [9.17, 15) is 40.3 Å². The number of nitrogen functional groups attached to an aromatic ring is 1. The zero-order valence-corrected chi connectivity index (χ0v) is 20.9. The van der Waals surface area contributed by atoms with Gasteiger partial charge in [0.1, 0.15) is 23.8 Å². The monoisotopic (exact) mass is 572 g/mol. The number of carbonyl (C=O) groups is 2. The Balaban J connectivity index is 1.41. The third kappa shape index (κ3) is 4.92. The number of rotatable bonds is 4. The number of nitrogens with one attached hydrogen (secondary N) is 1. The topological polar surface area (TPSA) is 106 Å². The van der Waals surface area contributed by atoms with E-state index in [0.29, 0.717) is 6.07 Å². The van der Waals surface area contributed by atoms with Gasteiger partial charge in [0.15, 0.2) is 5.82 Å². The van der Waals surface area contributed by atoms with Crippen LogP contribution in [0.5, 0.6) is 0 Å². The Labute approximate surface area is 222 Å². The Bertz CT molecular complexity index is 1510. The third-order valence-electron chi connectivity index (χ3n) is 7.40. The standard InChI is InChI=1S/C25H23F7N6O2/c1-11-14(22(39)36-18-9-37(8-17(18)27)23(40)12-2-3-24(28,29)7-12)4-13(5-16(11)26)19-6-15(25(30,31)32)20-21(33)34-10-35-38(19)20/h4-6,10,12,17-18H,2-3,7-9H2,1H3,(H,36,39)(H2,33,34,35)/t12?,17-,18+/m0/s1. The van der Waals surface area contributed by atoms with Crippen LogP contribution >= 0.6 is 0 Å². The molecule has 0 spiro atoms. The zero-order chi connectivity index (χ0) is 29.1. The Morgan fingerprint density at radius 1 is 1.18 bits per heavy atom. The van der Waals surface area contributed by atoms with E-state index in [-0.39, 0.29) is 35.3 Å². The van der Waals surface area contributed by atoms with Gasteiger partial charge in [0, 0.05) is 36.4 Å². The average molecular weight is 572 g/mol. The van der Waals surface area contributed by atoms with E-state index in [1.807, 2.05) is 0 Å². The van der Waals surface area contributed by atoms with Crippen LogP contribution in [-0.2, 0) is 11.0 Å². The van der Waals surface area contributed by atoms with Crippen LogP contribution in [0.1, 0.15) is 40.7 Å². The summed E-state index contributed by atoms with van der Waals surface area (Å²) in [6.07, 6.45) is -6.72. The van der Waals surface area contributed by atoms with E-state index in [1.54, 1.807) is 0 Å². The first-order valence-corrected chi connectivity index (χ1v) is 12.3. The molecule has 2 amide bonds. The fourth-order valence-electron chi connectivity index (χ4n) is 5.30. The van der Waals surface area contributed by atoms with Gasteiger partial charge in [-0.3, -0.25) is 9.59 Å². The molecule has 1 saturated carbocycles. The molecular formula is C25H23F7N6O2. The van der Waals surface area contributed by atoms with Crippen molar-refractivity contribution in [3.63, 3.8) is 0 Å². The Morgan fingerprint density at radius 2 is 1.90 bits per heavy atom. The van der Waals surface area contributed by atoms with Crippen LogP contribution < -0.4 is 11.1 Å². The summed E-state index contributed by atoms with van der Waals surface area (Å²) >= 11 is 0. The molecule has 1 aromatic carbocycles. The summed E-state index contributed by atoms with van der Waals surface area (Å²) in [6.45, 7) is 0.587. The van der Waals surface area contributed by atoms with Gasteiger partial charge in [-0.1, -0.05) is 0 Å². The van der Waals surface area contributed by atoms with E-state index in [4.69, 9.17) is 5.73 Å². The molecule has 1 saturated heterocycles. The predicted octanol–water partition coefficient (Wildman–Crippen LogP) is 4.16. The molecule has 0 radical (unpaired) electrons. The lowest BCUT2D eigenvalue weighted by Crippen LogP contribution is -2.42. The number of fused-ring (bicyclic) bond motifs is 1. The summed E-state index contributed by atoms with van der Waals surface area (Å²) in [4.78, 5) is 30.4. The molecule has 1 aliphatic carbocycles. The number of likely N-dealkylation sites (tertiary alicyclic amines) is 1. The second-order valence-corrected chi connectivity index (χ2v) is 10.1. The second kappa shape index (κ2) is 9.63. The maximum absolute atomic E-state index is 14.9. The van der Waals surface area contributed by atoms with Gasteiger partial charge in [0.25, 0.3) is 5.91 Å². The number of halogens is 7. The van der Waals surface area contributed by atoms with Gasteiger partial charge in [0.2, 0.25) is 11.8 Å². The van der Waals surface area contributed by atoms with Gasteiger partial charge in [-0.2, -0.15) is 18.3 Å². The van der Waals surface area contributed by atoms with E-state index in [0.717, 1.165) is 27.9 Å². The van der Waals surface area contributed by atoms with Crippen molar-refractivity contribution < 1.29 is 40.3 Å². The number of alkyl halides is 6. The van der Waals surface area contributed by atoms with Gasteiger partial charge in [0.05, 0.1) is 23.8 Å². The number of benzene rings is 1. The molecule has 15 heteroatoms. The van der Waals surface area contributed by atoms with Crippen molar-refractivity contribution in [3.05, 3.63) is 47.0 Å². The minimum Gasteiger partial charge on any atom is -0.382 e. The van der Waals surface area contributed by atoms with E-state index in [2.05, 4.69) is 15.4 Å². The number of aromatic nitrogens is 3. The molecule has 1 unspecified atom stereocenters. The van der Waals surface area contributed by atoms with Crippen LogP contribution in [0.4, 0.5) is 36.6 Å². The Morgan fingerprint density at radius 3 is 2.55 bits per heavy atom. The summed E-state index contributed by atoms with van der Waals surface area (Å²) < 4.78 is 98.8. The quantitative estimate of drug-likeness (QED) is 0.457. The molecule has 3 atom stereocenters. The van der Waals surface area contributed by atoms with Gasteiger partial charge in [-0.15, -0.1) is 0 Å². The fourth-order valence-corrected chi connectivity index (χ4v) is 5.30. The van der Waals surface area contributed by atoms with Crippen LogP contribution in [-0.4, -0.2) is 62.5 Å². The van der Waals surface area contributed by atoms with Crippen LogP contribution in [0.25, 0.3) is 16.8 Å². The third-order valence-corrected chi connectivity index (χ3v) is 7.40. The van der Waals surface area contributed by atoms with Crippen molar-refractivity contribution >= 4 is 23.1 Å². The summed E-state index contributed by atoms with van der Waals surface area (Å²) in [5, 5.41) is 6.21. The second-order valence-electron chi connectivity index (χ2n) is 10.1. The summed E-state index contributed by atoms with van der Waals surface area (Å²) in [5.41, 5.74) is 3.15. The maximum atomic E-state index is 14.9. The van der Waals surface area contributed by atoms with Crippen molar-refractivity contribution in [2.45, 2.75) is 50.5 Å². The van der Waals surface area contributed by atoms with Gasteiger partial charge in [-0.25, -0.2) is 27.1 Å². The predicted molar refractivity (Wildman–Crippen MR) is 128 cm³/mol. The fraction of sp³-hybridized carbons (Fsp3) is 0.440. The summed E-state index contributed by atoms with van der Waals surface area (Å²) in [7, 11) is 0. The normalized spacial score (nSPS) is 22.7. The molecule has 2 aliphatic rings. The van der Waals surface area contributed by atoms with Crippen LogP contribution in [0.3, 0.4) is 0 Å². The number of nitrogens with two attached hydrogens (primary N) is 1. The molecule has 2 aromatic heterocycles. The molecule has 3 heterocycles. The number of anilines is 1. The van der Waals surface area contributed by atoms with E-state index in [1.165, 1.54) is 6.92 Å². The van der Waals surface area contributed by atoms with E-state index < -0.39 is 84.1 Å². The molecule has 2 fully saturated rings. The van der Waals surface area contributed by atoms with Gasteiger partial charge >= 0.3 is 6.18 Å². The van der Waals surface area contributed by atoms with Crippen molar-refractivity contribution in [1.82, 2.24) is 24.8 Å². The van der Waals surface area contributed by atoms with Crippen molar-refractivity contribution in [1.29, 1.82) is 0 Å². The molecule has 5 rings (SSSR count). The molecule has 1 aliphatic heterocycles. The number of amides is 2.